The molecule has 0 amide bonds. The van der Waals surface area contributed by atoms with Gasteiger partial charge >= 0.3 is 0 Å². The first kappa shape index (κ1) is 17.4. The van der Waals surface area contributed by atoms with Gasteiger partial charge in [-0.1, -0.05) is 22.4 Å². The molecule has 0 spiro atoms. The molecule has 0 atom stereocenters. The number of nitrogens with zero attached hydrogens (tertiary/aromatic N) is 3. The molecular formula is C13H22BrN3O2S. The predicted molar refractivity (Wildman–Crippen MR) is 86.0 cm³/mol. The third-order valence-electron chi connectivity index (χ3n) is 3.02. The average molecular weight is 364 g/mol. The largest absolute Gasteiger partial charge is 0.360 e. The van der Waals surface area contributed by atoms with Crippen LogP contribution in [-0.2, 0) is 10.0 Å². The molecule has 114 valence electrons. The van der Waals surface area contributed by atoms with Crippen LogP contribution in [0.5, 0.6) is 0 Å². The zero-order chi connectivity index (χ0) is 15.2. The highest BCUT2D eigenvalue weighted by Gasteiger charge is 2.17. The van der Waals surface area contributed by atoms with E-state index in [2.05, 4.69) is 20.9 Å². The van der Waals surface area contributed by atoms with Gasteiger partial charge in [0.05, 0.1) is 0 Å². The highest BCUT2D eigenvalue weighted by atomic mass is 79.9. The number of alkyl halides is 1. The number of pyridine rings is 1. The molecule has 0 aliphatic carbocycles. The van der Waals surface area contributed by atoms with Crippen LogP contribution < -0.4 is 4.90 Å². The molecule has 0 bridgehead atoms. The summed E-state index contributed by atoms with van der Waals surface area (Å²) >= 11 is 3.41. The summed E-state index contributed by atoms with van der Waals surface area (Å²) in [6.07, 6.45) is 4.85. The van der Waals surface area contributed by atoms with Gasteiger partial charge in [0.2, 0.25) is 10.0 Å². The fraction of sp³-hybridized carbons (Fsp3) is 0.615. The number of rotatable bonds is 8. The van der Waals surface area contributed by atoms with Crippen LogP contribution in [0.1, 0.15) is 19.3 Å². The van der Waals surface area contributed by atoms with E-state index in [1.807, 2.05) is 11.9 Å². The van der Waals surface area contributed by atoms with Crippen LogP contribution in [0, 0.1) is 0 Å². The number of halogens is 1. The van der Waals surface area contributed by atoms with Crippen LogP contribution in [0.4, 0.5) is 5.82 Å². The number of anilines is 1. The Morgan fingerprint density at radius 2 is 1.85 bits per heavy atom. The first-order valence-electron chi connectivity index (χ1n) is 6.55. The van der Waals surface area contributed by atoms with Crippen LogP contribution in [0.2, 0.25) is 0 Å². The van der Waals surface area contributed by atoms with Gasteiger partial charge in [-0.25, -0.2) is 17.7 Å². The number of hydrogen-bond donors (Lipinski definition) is 0. The number of unbranched alkanes of at least 4 members (excludes halogenated alkanes) is 2. The van der Waals surface area contributed by atoms with Crippen LogP contribution in [-0.4, -0.2) is 50.7 Å². The normalized spacial score (nSPS) is 11.8. The third kappa shape index (κ3) is 4.71. The van der Waals surface area contributed by atoms with Gasteiger partial charge in [-0.05, 0) is 25.0 Å². The third-order valence-corrected chi connectivity index (χ3v) is 5.38. The van der Waals surface area contributed by atoms with E-state index < -0.39 is 10.0 Å². The first-order valence-corrected chi connectivity index (χ1v) is 9.11. The molecule has 0 unspecified atom stereocenters. The fourth-order valence-electron chi connectivity index (χ4n) is 1.70. The Morgan fingerprint density at radius 1 is 1.15 bits per heavy atom. The zero-order valence-corrected chi connectivity index (χ0v) is 14.6. The lowest BCUT2D eigenvalue weighted by Gasteiger charge is -2.18. The van der Waals surface area contributed by atoms with E-state index in [0.29, 0.717) is 0 Å². The summed E-state index contributed by atoms with van der Waals surface area (Å²) in [6, 6.07) is 3.35. The van der Waals surface area contributed by atoms with Crippen molar-refractivity contribution in [2.24, 2.45) is 0 Å². The van der Waals surface area contributed by atoms with Crippen molar-refractivity contribution < 1.29 is 8.42 Å². The summed E-state index contributed by atoms with van der Waals surface area (Å²) in [5.41, 5.74) is 0. The van der Waals surface area contributed by atoms with Gasteiger partial charge in [-0.2, -0.15) is 0 Å². The molecule has 0 radical (unpaired) electrons. The standard InChI is InChI=1S/C13H22BrN3O2S/c1-16(2)20(18,19)12-7-8-13(15-11-12)17(3)10-6-4-5-9-14/h7-8,11H,4-6,9-10H2,1-3H3. The molecule has 5 nitrogen and oxygen atoms in total. The molecule has 0 saturated carbocycles. The summed E-state index contributed by atoms with van der Waals surface area (Å²) in [7, 11) is 1.60. The summed E-state index contributed by atoms with van der Waals surface area (Å²) in [5.74, 6) is 0.793. The first-order chi connectivity index (χ1) is 9.39. The second kappa shape index (κ2) is 7.95. The van der Waals surface area contributed by atoms with Crippen molar-refractivity contribution in [1.29, 1.82) is 0 Å². The highest BCUT2D eigenvalue weighted by molar-refractivity contribution is 9.09. The smallest absolute Gasteiger partial charge is 0.244 e. The van der Waals surface area contributed by atoms with Gasteiger partial charge in [-0.3, -0.25) is 0 Å². The maximum absolute atomic E-state index is 11.9. The van der Waals surface area contributed by atoms with E-state index in [1.165, 1.54) is 37.4 Å². The molecule has 0 aliphatic heterocycles. The molecule has 20 heavy (non-hydrogen) atoms. The summed E-state index contributed by atoms with van der Waals surface area (Å²) < 4.78 is 25.0. The molecule has 1 heterocycles. The van der Waals surface area contributed by atoms with Crippen molar-refractivity contribution in [1.82, 2.24) is 9.29 Å². The van der Waals surface area contributed by atoms with Crippen molar-refractivity contribution >= 4 is 31.8 Å². The molecular weight excluding hydrogens is 342 g/mol. The topological polar surface area (TPSA) is 53.5 Å². The molecule has 0 N–H and O–H groups in total. The van der Waals surface area contributed by atoms with Crippen molar-refractivity contribution in [3.63, 3.8) is 0 Å². The Morgan fingerprint density at radius 3 is 2.35 bits per heavy atom. The van der Waals surface area contributed by atoms with Gasteiger partial charge < -0.3 is 4.90 Å². The van der Waals surface area contributed by atoms with E-state index in [1.54, 1.807) is 12.1 Å². The lowest BCUT2D eigenvalue weighted by Crippen LogP contribution is -2.23. The monoisotopic (exact) mass is 363 g/mol. The molecule has 0 aliphatic rings. The number of aromatic nitrogens is 1. The van der Waals surface area contributed by atoms with Crippen LogP contribution in [0.15, 0.2) is 23.2 Å². The van der Waals surface area contributed by atoms with E-state index in [-0.39, 0.29) is 4.90 Å². The SMILES string of the molecule is CN(CCCCCBr)c1ccc(S(=O)(=O)N(C)C)cn1. The number of hydrogen-bond acceptors (Lipinski definition) is 4. The zero-order valence-electron chi connectivity index (χ0n) is 12.2. The molecule has 0 saturated heterocycles. The Labute approximate surface area is 130 Å². The lowest BCUT2D eigenvalue weighted by atomic mass is 10.2. The molecule has 7 heteroatoms. The summed E-state index contributed by atoms with van der Waals surface area (Å²) in [5, 5.41) is 1.03. The Hall–Kier alpha value is -0.660. The van der Waals surface area contributed by atoms with Crippen LogP contribution in [0.3, 0.4) is 0 Å². The second-order valence-corrected chi connectivity index (χ2v) is 7.76. The molecule has 0 fully saturated rings. The Balaban J connectivity index is 2.67. The van der Waals surface area contributed by atoms with Gasteiger partial charge in [0, 0.05) is 39.2 Å². The van der Waals surface area contributed by atoms with Crippen molar-refractivity contribution in [2.75, 3.05) is 37.9 Å². The maximum Gasteiger partial charge on any atom is 0.244 e. The molecule has 1 aromatic rings. The number of sulfonamides is 1. The van der Waals surface area contributed by atoms with Crippen molar-refractivity contribution in [3.8, 4) is 0 Å². The van der Waals surface area contributed by atoms with Crippen molar-refractivity contribution in [3.05, 3.63) is 18.3 Å². The van der Waals surface area contributed by atoms with E-state index in [4.69, 9.17) is 0 Å². The second-order valence-electron chi connectivity index (χ2n) is 4.81. The fourth-order valence-corrected chi connectivity index (χ4v) is 2.94. The Kier molecular flexibility index (Phi) is 6.91. The predicted octanol–water partition coefficient (Wildman–Crippen LogP) is 2.33. The summed E-state index contributed by atoms with van der Waals surface area (Å²) in [6.45, 7) is 0.916. The summed E-state index contributed by atoms with van der Waals surface area (Å²) in [4.78, 5) is 6.50. The Bertz CT molecular complexity index is 503. The van der Waals surface area contributed by atoms with E-state index >= 15 is 0 Å². The van der Waals surface area contributed by atoms with Crippen molar-refractivity contribution in [2.45, 2.75) is 24.2 Å². The average Bonchev–Trinajstić information content (AvgIpc) is 2.43. The van der Waals surface area contributed by atoms with E-state index in [9.17, 15) is 8.42 Å². The quantitative estimate of drug-likeness (QED) is 0.525. The lowest BCUT2D eigenvalue weighted by molar-refractivity contribution is 0.520. The minimum atomic E-state index is -3.40. The molecule has 0 aromatic carbocycles. The molecule has 1 rings (SSSR count). The van der Waals surface area contributed by atoms with Crippen LogP contribution in [0.25, 0.3) is 0 Å². The van der Waals surface area contributed by atoms with Crippen LogP contribution >= 0.6 is 15.9 Å². The minimum Gasteiger partial charge on any atom is -0.360 e. The van der Waals surface area contributed by atoms with E-state index in [0.717, 1.165) is 24.1 Å². The molecule has 1 aromatic heterocycles. The van der Waals surface area contributed by atoms with Gasteiger partial charge in [0.25, 0.3) is 0 Å². The highest BCUT2D eigenvalue weighted by Crippen LogP contribution is 2.16. The van der Waals surface area contributed by atoms with Gasteiger partial charge in [0.1, 0.15) is 10.7 Å². The maximum atomic E-state index is 11.9. The van der Waals surface area contributed by atoms with Gasteiger partial charge in [-0.15, -0.1) is 0 Å². The minimum absolute atomic E-state index is 0.221. The van der Waals surface area contributed by atoms with Gasteiger partial charge in [0.15, 0.2) is 0 Å².